The summed E-state index contributed by atoms with van der Waals surface area (Å²) in [7, 11) is 1.89. The van der Waals surface area contributed by atoms with Crippen LogP contribution in [0, 0.1) is 0 Å². The Morgan fingerprint density at radius 1 is 1.42 bits per heavy atom. The van der Waals surface area contributed by atoms with Gasteiger partial charge in [-0.3, -0.25) is 0 Å². The van der Waals surface area contributed by atoms with Crippen molar-refractivity contribution in [3.63, 3.8) is 0 Å². The van der Waals surface area contributed by atoms with Crippen molar-refractivity contribution in [2.75, 3.05) is 12.4 Å². The van der Waals surface area contributed by atoms with E-state index in [9.17, 15) is 0 Å². The fraction of sp³-hybridized carbons (Fsp3) is 0.200. The number of hydrogen-bond acceptors (Lipinski definition) is 2. The van der Waals surface area contributed by atoms with E-state index in [0.29, 0.717) is 0 Å². The van der Waals surface area contributed by atoms with Crippen molar-refractivity contribution in [3.05, 3.63) is 42.5 Å². The molecule has 0 saturated carbocycles. The Balaban J connectivity index is 2.84. The normalized spacial score (nSPS) is 12.2. The van der Waals surface area contributed by atoms with Gasteiger partial charge < -0.3 is 11.1 Å². The van der Waals surface area contributed by atoms with Gasteiger partial charge in [0.25, 0.3) is 0 Å². The summed E-state index contributed by atoms with van der Waals surface area (Å²) >= 11 is 0. The monoisotopic (exact) mass is 162 g/mol. The molecule has 1 rings (SSSR count). The first-order chi connectivity index (χ1) is 5.77. The minimum absolute atomic E-state index is 0.0593. The van der Waals surface area contributed by atoms with Gasteiger partial charge in [-0.15, -0.1) is 6.58 Å². The summed E-state index contributed by atoms with van der Waals surface area (Å²) in [5.41, 5.74) is 7.93. The molecule has 0 radical (unpaired) electrons. The predicted octanol–water partition coefficient (Wildman–Crippen LogP) is 1.91. The molecule has 0 bridgehead atoms. The van der Waals surface area contributed by atoms with Gasteiger partial charge in [-0.25, -0.2) is 0 Å². The number of nitrogens with one attached hydrogen (secondary N) is 1. The summed E-state index contributed by atoms with van der Waals surface area (Å²) in [6.07, 6.45) is 1.73. The van der Waals surface area contributed by atoms with Crippen LogP contribution in [-0.4, -0.2) is 7.05 Å². The molecular formula is C10H14N2. The molecular weight excluding hydrogens is 148 g/mol. The van der Waals surface area contributed by atoms with Crippen LogP contribution in [0.1, 0.15) is 11.6 Å². The molecule has 2 nitrogen and oxygen atoms in total. The van der Waals surface area contributed by atoms with Gasteiger partial charge in [0.2, 0.25) is 0 Å². The number of nitrogens with two attached hydrogens (primary N) is 1. The van der Waals surface area contributed by atoms with E-state index in [4.69, 9.17) is 5.73 Å². The van der Waals surface area contributed by atoms with Crippen molar-refractivity contribution in [1.29, 1.82) is 0 Å². The van der Waals surface area contributed by atoms with Crippen LogP contribution < -0.4 is 11.1 Å². The smallest absolute Gasteiger partial charge is 0.0478 e. The zero-order valence-electron chi connectivity index (χ0n) is 7.25. The van der Waals surface area contributed by atoms with Crippen LogP contribution in [0.2, 0.25) is 0 Å². The molecule has 0 aliphatic heterocycles. The molecule has 2 heteroatoms. The van der Waals surface area contributed by atoms with Gasteiger partial charge in [0, 0.05) is 18.8 Å². The Kier molecular flexibility index (Phi) is 2.88. The maximum absolute atomic E-state index is 5.75. The number of benzene rings is 1. The van der Waals surface area contributed by atoms with E-state index in [0.717, 1.165) is 11.3 Å². The summed E-state index contributed by atoms with van der Waals surface area (Å²) in [5, 5.41) is 3.04. The van der Waals surface area contributed by atoms with E-state index in [1.807, 2.05) is 31.3 Å². The molecule has 64 valence electrons. The van der Waals surface area contributed by atoms with Crippen molar-refractivity contribution >= 4 is 5.69 Å². The lowest BCUT2D eigenvalue weighted by Gasteiger charge is -2.07. The second-order valence-electron chi connectivity index (χ2n) is 2.63. The first-order valence-electron chi connectivity index (χ1n) is 3.93. The van der Waals surface area contributed by atoms with Crippen molar-refractivity contribution in [2.24, 2.45) is 5.73 Å². The van der Waals surface area contributed by atoms with Crippen LogP contribution in [-0.2, 0) is 0 Å². The maximum Gasteiger partial charge on any atom is 0.0478 e. The number of rotatable bonds is 3. The van der Waals surface area contributed by atoms with E-state index in [1.54, 1.807) is 6.08 Å². The summed E-state index contributed by atoms with van der Waals surface area (Å²) in [6.45, 7) is 3.64. The number of anilines is 1. The zero-order valence-corrected chi connectivity index (χ0v) is 7.25. The summed E-state index contributed by atoms with van der Waals surface area (Å²) < 4.78 is 0. The van der Waals surface area contributed by atoms with Crippen molar-refractivity contribution in [2.45, 2.75) is 6.04 Å². The SMILES string of the molecule is C=C[C@H](N)c1ccc(NC)cc1. The molecule has 0 aliphatic carbocycles. The highest BCUT2D eigenvalue weighted by molar-refractivity contribution is 5.44. The van der Waals surface area contributed by atoms with E-state index in [-0.39, 0.29) is 6.04 Å². The first-order valence-corrected chi connectivity index (χ1v) is 3.93. The Morgan fingerprint density at radius 3 is 2.42 bits per heavy atom. The van der Waals surface area contributed by atoms with Crippen LogP contribution in [0.5, 0.6) is 0 Å². The highest BCUT2D eigenvalue weighted by atomic mass is 14.8. The highest BCUT2D eigenvalue weighted by Crippen LogP contribution is 2.14. The molecule has 1 aromatic carbocycles. The Hall–Kier alpha value is -1.28. The third-order valence-electron chi connectivity index (χ3n) is 1.84. The minimum Gasteiger partial charge on any atom is -0.388 e. The van der Waals surface area contributed by atoms with Gasteiger partial charge in [0.15, 0.2) is 0 Å². The minimum atomic E-state index is -0.0593. The molecule has 12 heavy (non-hydrogen) atoms. The molecule has 0 aromatic heterocycles. The molecule has 0 saturated heterocycles. The van der Waals surface area contributed by atoms with Gasteiger partial charge >= 0.3 is 0 Å². The topological polar surface area (TPSA) is 38.0 Å². The molecule has 0 aliphatic rings. The van der Waals surface area contributed by atoms with Gasteiger partial charge in [0.05, 0.1) is 0 Å². The largest absolute Gasteiger partial charge is 0.388 e. The molecule has 0 heterocycles. The van der Waals surface area contributed by atoms with Crippen molar-refractivity contribution in [3.8, 4) is 0 Å². The average Bonchev–Trinajstić information content (AvgIpc) is 2.17. The summed E-state index contributed by atoms with van der Waals surface area (Å²) in [4.78, 5) is 0. The van der Waals surface area contributed by atoms with Crippen LogP contribution >= 0.6 is 0 Å². The van der Waals surface area contributed by atoms with Gasteiger partial charge in [-0.05, 0) is 17.7 Å². The molecule has 0 fully saturated rings. The quantitative estimate of drug-likeness (QED) is 0.666. The second kappa shape index (κ2) is 3.93. The van der Waals surface area contributed by atoms with E-state index in [1.165, 1.54) is 0 Å². The lowest BCUT2D eigenvalue weighted by Crippen LogP contribution is -2.05. The molecule has 0 unspecified atom stereocenters. The fourth-order valence-electron chi connectivity index (χ4n) is 1.01. The fourth-order valence-corrected chi connectivity index (χ4v) is 1.01. The standard InChI is InChI=1S/C10H14N2/c1-3-10(11)8-4-6-9(12-2)7-5-8/h3-7,10,12H,1,11H2,2H3/t10-/m0/s1. The highest BCUT2D eigenvalue weighted by Gasteiger charge is 1.98. The first kappa shape index (κ1) is 8.81. The van der Waals surface area contributed by atoms with Crippen LogP contribution in [0.25, 0.3) is 0 Å². The van der Waals surface area contributed by atoms with E-state index >= 15 is 0 Å². The van der Waals surface area contributed by atoms with Gasteiger partial charge in [-0.1, -0.05) is 18.2 Å². The van der Waals surface area contributed by atoms with Crippen LogP contribution in [0.3, 0.4) is 0 Å². The second-order valence-corrected chi connectivity index (χ2v) is 2.63. The van der Waals surface area contributed by atoms with Gasteiger partial charge in [0.1, 0.15) is 0 Å². The third-order valence-corrected chi connectivity index (χ3v) is 1.84. The van der Waals surface area contributed by atoms with E-state index in [2.05, 4.69) is 11.9 Å². The molecule has 1 aromatic rings. The Bertz CT molecular complexity index is 251. The molecule has 0 spiro atoms. The van der Waals surface area contributed by atoms with Crippen molar-refractivity contribution < 1.29 is 0 Å². The molecule has 1 atom stereocenters. The average molecular weight is 162 g/mol. The Labute approximate surface area is 73.1 Å². The van der Waals surface area contributed by atoms with Crippen LogP contribution in [0.4, 0.5) is 5.69 Å². The predicted molar refractivity (Wildman–Crippen MR) is 53.1 cm³/mol. The molecule has 3 N–H and O–H groups in total. The molecule has 0 amide bonds. The third kappa shape index (κ3) is 1.86. The maximum atomic E-state index is 5.75. The van der Waals surface area contributed by atoms with Gasteiger partial charge in [-0.2, -0.15) is 0 Å². The lowest BCUT2D eigenvalue weighted by molar-refractivity contribution is 0.915. The number of hydrogen-bond donors (Lipinski definition) is 2. The summed E-state index contributed by atoms with van der Waals surface area (Å²) in [5.74, 6) is 0. The van der Waals surface area contributed by atoms with Crippen molar-refractivity contribution in [1.82, 2.24) is 0 Å². The Morgan fingerprint density at radius 2 is 2.00 bits per heavy atom. The van der Waals surface area contributed by atoms with E-state index < -0.39 is 0 Å². The summed E-state index contributed by atoms with van der Waals surface area (Å²) in [6, 6.07) is 7.93. The lowest BCUT2D eigenvalue weighted by atomic mass is 10.1. The zero-order chi connectivity index (χ0) is 8.97. The van der Waals surface area contributed by atoms with Crippen LogP contribution in [0.15, 0.2) is 36.9 Å².